The van der Waals surface area contributed by atoms with Crippen molar-refractivity contribution in [3.05, 3.63) is 71.9 Å². The summed E-state index contributed by atoms with van der Waals surface area (Å²) < 4.78 is 5.96. The average molecular weight is 332 g/mol. The number of benzene rings is 2. The summed E-state index contributed by atoms with van der Waals surface area (Å²) in [5, 5.41) is 1.26. The fraction of sp³-hybridized carbons (Fsp3) is 0.318. The van der Waals surface area contributed by atoms with Gasteiger partial charge < -0.3 is 9.64 Å². The maximum Gasteiger partial charge on any atom is 0.0751 e. The van der Waals surface area contributed by atoms with Crippen molar-refractivity contribution >= 4 is 16.6 Å². The highest BCUT2D eigenvalue weighted by Gasteiger charge is 2.24. The molecule has 0 bridgehead atoms. The molecule has 0 saturated carbocycles. The Hall–Kier alpha value is -2.39. The van der Waals surface area contributed by atoms with Gasteiger partial charge in [0.2, 0.25) is 0 Å². The molecule has 1 atom stereocenters. The highest BCUT2D eigenvalue weighted by Crippen LogP contribution is 2.31. The summed E-state index contributed by atoms with van der Waals surface area (Å²) >= 11 is 0. The second-order valence-corrected chi connectivity index (χ2v) is 6.90. The van der Waals surface area contributed by atoms with E-state index in [0.29, 0.717) is 12.5 Å². The quantitative estimate of drug-likeness (QED) is 0.683. The third kappa shape index (κ3) is 3.52. The number of hydrogen-bond acceptors (Lipinski definition) is 3. The molecule has 1 aliphatic rings. The maximum atomic E-state index is 5.96. The van der Waals surface area contributed by atoms with E-state index in [1.807, 2.05) is 12.3 Å². The third-order valence-electron chi connectivity index (χ3n) is 5.04. The maximum absolute atomic E-state index is 5.96. The van der Waals surface area contributed by atoms with Crippen LogP contribution in [0.5, 0.6) is 0 Å². The first-order valence-corrected chi connectivity index (χ1v) is 9.02. The van der Waals surface area contributed by atoms with Gasteiger partial charge in [0.05, 0.1) is 18.7 Å². The van der Waals surface area contributed by atoms with Crippen LogP contribution in [0.1, 0.15) is 17.5 Å². The predicted octanol–water partition coefficient (Wildman–Crippen LogP) is 4.59. The summed E-state index contributed by atoms with van der Waals surface area (Å²) in [6.07, 6.45) is 3.12. The Kier molecular flexibility index (Phi) is 4.66. The van der Waals surface area contributed by atoms with Gasteiger partial charge in [0.1, 0.15) is 0 Å². The molecule has 25 heavy (non-hydrogen) atoms. The molecule has 1 unspecified atom stereocenters. The lowest BCUT2D eigenvalue weighted by molar-refractivity contribution is 0.0929. The second-order valence-electron chi connectivity index (χ2n) is 6.90. The van der Waals surface area contributed by atoms with Crippen molar-refractivity contribution in [2.24, 2.45) is 5.92 Å². The van der Waals surface area contributed by atoms with Crippen LogP contribution in [-0.2, 0) is 11.3 Å². The van der Waals surface area contributed by atoms with Crippen LogP contribution in [0.25, 0.3) is 10.9 Å². The molecule has 2 heterocycles. The van der Waals surface area contributed by atoms with Crippen LogP contribution in [-0.4, -0.2) is 24.7 Å². The molecule has 3 nitrogen and oxygen atoms in total. The summed E-state index contributed by atoms with van der Waals surface area (Å²) in [4.78, 5) is 7.05. The minimum absolute atomic E-state index is 0.594. The molecule has 0 radical (unpaired) electrons. The minimum Gasteiger partial charge on any atom is -0.376 e. The van der Waals surface area contributed by atoms with Gasteiger partial charge in [-0.05, 0) is 30.5 Å². The topological polar surface area (TPSA) is 25.4 Å². The fourth-order valence-electron chi connectivity index (χ4n) is 3.69. The standard InChI is InChI=1S/C22H24N2O/c1-17-6-5-9-20-21(10-12-23-22(17)20)24-13-11-19(14-24)16-25-15-18-7-3-2-4-8-18/h2-10,12,19H,11,13-16H2,1H3. The van der Waals surface area contributed by atoms with Gasteiger partial charge in [-0.15, -0.1) is 0 Å². The van der Waals surface area contributed by atoms with E-state index in [-0.39, 0.29) is 0 Å². The zero-order valence-electron chi connectivity index (χ0n) is 14.7. The van der Waals surface area contributed by atoms with Gasteiger partial charge in [-0.1, -0.05) is 48.5 Å². The molecular weight excluding hydrogens is 308 g/mol. The highest BCUT2D eigenvalue weighted by molar-refractivity contribution is 5.93. The fourth-order valence-corrected chi connectivity index (χ4v) is 3.69. The van der Waals surface area contributed by atoms with Gasteiger partial charge in [0.25, 0.3) is 0 Å². The van der Waals surface area contributed by atoms with E-state index in [9.17, 15) is 0 Å². The molecule has 0 aliphatic carbocycles. The minimum atomic E-state index is 0.594. The first kappa shape index (κ1) is 16.1. The first-order valence-electron chi connectivity index (χ1n) is 9.02. The predicted molar refractivity (Wildman–Crippen MR) is 103 cm³/mol. The highest BCUT2D eigenvalue weighted by atomic mass is 16.5. The normalized spacial score (nSPS) is 17.3. The molecule has 1 saturated heterocycles. The third-order valence-corrected chi connectivity index (χ3v) is 5.04. The van der Waals surface area contributed by atoms with Gasteiger partial charge in [0, 0.05) is 36.3 Å². The smallest absolute Gasteiger partial charge is 0.0751 e. The summed E-state index contributed by atoms with van der Waals surface area (Å²) in [6.45, 7) is 5.81. The number of hydrogen-bond donors (Lipinski definition) is 0. The number of ether oxygens (including phenoxy) is 1. The Labute approximate surface area is 149 Å². The van der Waals surface area contributed by atoms with Crippen LogP contribution in [0.4, 0.5) is 5.69 Å². The van der Waals surface area contributed by atoms with Crippen LogP contribution in [0.2, 0.25) is 0 Å². The second kappa shape index (κ2) is 7.24. The van der Waals surface area contributed by atoms with Crippen LogP contribution in [0, 0.1) is 12.8 Å². The van der Waals surface area contributed by atoms with Gasteiger partial charge in [-0.25, -0.2) is 0 Å². The monoisotopic (exact) mass is 332 g/mol. The zero-order chi connectivity index (χ0) is 17.1. The number of fused-ring (bicyclic) bond motifs is 1. The van der Waals surface area contributed by atoms with E-state index in [4.69, 9.17) is 4.74 Å². The molecule has 128 valence electrons. The molecule has 1 aliphatic heterocycles. The van der Waals surface area contributed by atoms with Crippen molar-refractivity contribution < 1.29 is 4.74 Å². The van der Waals surface area contributed by atoms with Gasteiger partial charge in [-0.2, -0.15) is 0 Å². The van der Waals surface area contributed by atoms with E-state index < -0.39 is 0 Å². The number of nitrogens with zero attached hydrogens (tertiary/aromatic N) is 2. The van der Waals surface area contributed by atoms with E-state index in [0.717, 1.165) is 25.2 Å². The number of para-hydroxylation sites is 1. The molecule has 3 heteroatoms. The van der Waals surface area contributed by atoms with E-state index >= 15 is 0 Å². The molecule has 1 aromatic heterocycles. The molecule has 3 aromatic rings. The van der Waals surface area contributed by atoms with Crippen molar-refractivity contribution in [2.45, 2.75) is 20.0 Å². The molecule has 0 spiro atoms. The van der Waals surface area contributed by atoms with Crippen molar-refractivity contribution in [3.8, 4) is 0 Å². The lowest BCUT2D eigenvalue weighted by Crippen LogP contribution is -2.21. The summed E-state index contributed by atoms with van der Waals surface area (Å²) in [7, 11) is 0. The number of anilines is 1. The first-order chi connectivity index (χ1) is 12.3. The Morgan fingerprint density at radius 3 is 2.84 bits per heavy atom. The number of aromatic nitrogens is 1. The van der Waals surface area contributed by atoms with Crippen LogP contribution < -0.4 is 4.90 Å². The molecule has 4 rings (SSSR count). The van der Waals surface area contributed by atoms with E-state index in [1.54, 1.807) is 0 Å². The number of rotatable bonds is 5. The summed E-state index contributed by atoms with van der Waals surface area (Å²) in [5.74, 6) is 0.594. The van der Waals surface area contributed by atoms with Crippen molar-refractivity contribution in [3.63, 3.8) is 0 Å². The molecule has 2 aromatic carbocycles. The Balaban J connectivity index is 1.40. The van der Waals surface area contributed by atoms with Crippen LogP contribution in [0.3, 0.4) is 0 Å². The summed E-state index contributed by atoms with van der Waals surface area (Å²) in [5.41, 5.74) is 4.90. The Morgan fingerprint density at radius 1 is 1.08 bits per heavy atom. The molecular formula is C22H24N2O. The van der Waals surface area contributed by atoms with E-state index in [1.165, 1.54) is 28.6 Å². The SMILES string of the molecule is Cc1cccc2c(N3CCC(COCc4ccccc4)C3)ccnc12. The van der Waals surface area contributed by atoms with Gasteiger partial charge >= 0.3 is 0 Å². The van der Waals surface area contributed by atoms with Gasteiger partial charge in [0.15, 0.2) is 0 Å². The Morgan fingerprint density at radius 2 is 1.96 bits per heavy atom. The van der Waals surface area contributed by atoms with Crippen LogP contribution in [0.15, 0.2) is 60.8 Å². The van der Waals surface area contributed by atoms with Crippen molar-refractivity contribution in [1.82, 2.24) is 4.98 Å². The van der Waals surface area contributed by atoms with Crippen molar-refractivity contribution in [1.29, 1.82) is 0 Å². The summed E-state index contributed by atoms with van der Waals surface area (Å²) in [6, 6.07) is 19.0. The van der Waals surface area contributed by atoms with Crippen molar-refractivity contribution in [2.75, 3.05) is 24.6 Å². The lowest BCUT2D eigenvalue weighted by Gasteiger charge is -2.21. The van der Waals surface area contributed by atoms with Gasteiger partial charge in [-0.3, -0.25) is 4.98 Å². The zero-order valence-corrected chi connectivity index (χ0v) is 14.7. The number of aryl methyl sites for hydroxylation is 1. The molecule has 0 amide bonds. The number of pyridine rings is 1. The largest absolute Gasteiger partial charge is 0.376 e. The van der Waals surface area contributed by atoms with Crippen LogP contribution >= 0.6 is 0 Å². The molecule has 0 N–H and O–H groups in total. The van der Waals surface area contributed by atoms with E-state index in [2.05, 4.69) is 65.3 Å². The molecule has 1 fully saturated rings. The lowest BCUT2D eigenvalue weighted by atomic mass is 10.1. The average Bonchev–Trinajstić information content (AvgIpc) is 3.11. The Bertz CT molecular complexity index is 847.